The molecule has 1 aromatic rings. The molecule has 7 nitrogen and oxygen atoms in total. The van der Waals surface area contributed by atoms with E-state index in [1.807, 2.05) is 18.2 Å². The molecular formula is C17H25ClN4O3. The lowest BCUT2D eigenvalue weighted by molar-refractivity contribution is -0.117. The van der Waals surface area contributed by atoms with Crippen molar-refractivity contribution in [2.24, 2.45) is 0 Å². The minimum absolute atomic E-state index is 0. The molecule has 2 saturated heterocycles. The fourth-order valence-corrected chi connectivity index (χ4v) is 3.62. The highest BCUT2D eigenvalue weighted by Gasteiger charge is 2.26. The van der Waals surface area contributed by atoms with Gasteiger partial charge in [-0.15, -0.1) is 12.4 Å². The first kappa shape index (κ1) is 18.3. The Morgan fingerprint density at radius 1 is 1.20 bits per heavy atom. The van der Waals surface area contributed by atoms with Crippen LogP contribution in [0.15, 0.2) is 18.2 Å². The minimum Gasteiger partial charge on any atom is -0.454 e. The maximum atomic E-state index is 12.3. The van der Waals surface area contributed by atoms with Crippen LogP contribution in [-0.2, 0) is 4.79 Å². The van der Waals surface area contributed by atoms with Gasteiger partial charge in [-0.25, -0.2) is 0 Å². The van der Waals surface area contributed by atoms with Crippen LogP contribution < -0.4 is 20.1 Å². The average Bonchev–Trinajstić information content (AvgIpc) is 3.26. The van der Waals surface area contributed by atoms with Crippen LogP contribution >= 0.6 is 12.4 Å². The van der Waals surface area contributed by atoms with Gasteiger partial charge in [-0.05, 0) is 25.1 Å². The lowest BCUT2D eigenvalue weighted by Crippen LogP contribution is -2.52. The molecule has 1 aromatic carbocycles. The Balaban J connectivity index is 0.00000182. The van der Waals surface area contributed by atoms with Crippen LogP contribution in [0, 0.1) is 0 Å². The Bertz CT molecular complexity index is 602. The van der Waals surface area contributed by atoms with E-state index in [2.05, 4.69) is 20.4 Å². The fraction of sp³-hybridized carbons (Fsp3) is 0.588. The van der Waals surface area contributed by atoms with Crippen molar-refractivity contribution in [1.82, 2.24) is 15.1 Å². The number of piperazine rings is 1. The number of hydrogen-bond acceptors (Lipinski definition) is 6. The molecule has 4 rings (SSSR count). The predicted molar refractivity (Wildman–Crippen MR) is 97.7 cm³/mol. The van der Waals surface area contributed by atoms with Crippen molar-refractivity contribution in [3.63, 3.8) is 0 Å². The third kappa shape index (κ3) is 4.36. The first-order chi connectivity index (χ1) is 11.8. The summed E-state index contributed by atoms with van der Waals surface area (Å²) in [6, 6.07) is 6.16. The van der Waals surface area contributed by atoms with Gasteiger partial charge in [-0.1, -0.05) is 0 Å². The van der Waals surface area contributed by atoms with Gasteiger partial charge in [0, 0.05) is 50.5 Å². The second-order valence-electron chi connectivity index (χ2n) is 6.57. The molecule has 8 heteroatoms. The van der Waals surface area contributed by atoms with Crippen molar-refractivity contribution in [1.29, 1.82) is 0 Å². The second kappa shape index (κ2) is 8.23. The van der Waals surface area contributed by atoms with Crippen LogP contribution in [0.4, 0.5) is 5.69 Å². The standard InChI is InChI=1S/C17H24N4O3.ClH/c22-17(19-13-1-2-15-16(9-13)24-12-23-15)11-20-5-7-21(8-6-20)14-3-4-18-10-14;/h1-2,9,14,18H,3-8,10-12H2,(H,19,22);1H. The van der Waals surface area contributed by atoms with Gasteiger partial charge >= 0.3 is 0 Å². The number of anilines is 1. The molecule has 1 unspecified atom stereocenters. The molecule has 1 amide bonds. The molecule has 25 heavy (non-hydrogen) atoms. The maximum Gasteiger partial charge on any atom is 0.238 e. The monoisotopic (exact) mass is 368 g/mol. The van der Waals surface area contributed by atoms with Crippen molar-refractivity contribution < 1.29 is 14.3 Å². The molecule has 0 aromatic heterocycles. The van der Waals surface area contributed by atoms with Gasteiger partial charge in [0.05, 0.1) is 6.54 Å². The van der Waals surface area contributed by atoms with Gasteiger partial charge in [-0.3, -0.25) is 14.6 Å². The number of ether oxygens (including phenoxy) is 2. The van der Waals surface area contributed by atoms with Crippen LogP contribution in [0.2, 0.25) is 0 Å². The summed E-state index contributed by atoms with van der Waals surface area (Å²) in [4.78, 5) is 17.0. The fourth-order valence-electron chi connectivity index (χ4n) is 3.62. The number of amides is 1. The Morgan fingerprint density at radius 3 is 2.76 bits per heavy atom. The molecule has 2 N–H and O–H groups in total. The summed E-state index contributed by atoms with van der Waals surface area (Å²) in [6.07, 6.45) is 1.24. The van der Waals surface area contributed by atoms with Crippen molar-refractivity contribution >= 4 is 24.0 Å². The Kier molecular flexibility index (Phi) is 6.01. The van der Waals surface area contributed by atoms with Crippen molar-refractivity contribution in [3.8, 4) is 11.5 Å². The first-order valence-electron chi connectivity index (χ1n) is 8.64. The topological polar surface area (TPSA) is 66.1 Å². The summed E-state index contributed by atoms with van der Waals surface area (Å²) in [5.74, 6) is 1.43. The van der Waals surface area contributed by atoms with Crippen LogP contribution in [0.25, 0.3) is 0 Å². The molecule has 3 heterocycles. The van der Waals surface area contributed by atoms with Gasteiger partial charge in [0.25, 0.3) is 0 Å². The Morgan fingerprint density at radius 2 is 2.00 bits per heavy atom. The van der Waals surface area contributed by atoms with Crippen molar-refractivity contribution in [2.45, 2.75) is 12.5 Å². The molecule has 1 atom stereocenters. The second-order valence-corrected chi connectivity index (χ2v) is 6.57. The Labute approximate surface area is 154 Å². The number of fused-ring (bicyclic) bond motifs is 1. The molecule has 0 spiro atoms. The largest absolute Gasteiger partial charge is 0.454 e. The van der Waals surface area contributed by atoms with E-state index in [1.165, 1.54) is 6.42 Å². The normalized spacial score (nSPS) is 23.3. The first-order valence-corrected chi connectivity index (χ1v) is 8.64. The summed E-state index contributed by atoms with van der Waals surface area (Å²) in [5.41, 5.74) is 0.750. The number of benzene rings is 1. The summed E-state index contributed by atoms with van der Waals surface area (Å²) in [5, 5.41) is 6.37. The van der Waals surface area contributed by atoms with Crippen LogP contribution in [0.3, 0.4) is 0 Å². The van der Waals surface area contributed by atoms with E-state index in [0.29, 0.717) is 18.3 Å². The molecular weight excluding hydrogens is 344 g/mol. The SMILES string of the molecule is Cl.O=C(CN1CCN(C2CCNC2)CC1)Nc1ccc2c(c1)OCO2. The van der Waals surface area contributed by atoms with E-state index < -0.39 is 0 Å². The molecule has 0 bridgehead atoms. The van der Waals surface area contributed by atoms with E-state index in [9.17, 15) is 4.79 Å². The molecule has 0 aliphatic carbocycles. The zero-order valence-corrected chi connectivity index (χ0v) is 15.0. The summed E-state index contributed by atoms with van der Waals surface area (Å²) in [7, 11) is 0. The average molecular weight is 369 g/mol. The highest BCUT2D eigenvalue weighted by molar-refractivity contribution is 5.92. The van der Waals surface area contributed by atoms with Gasteiger partial charge in [0.1, 0.15) is 0 Å². The van der Waals surface area contributed by atoms with E-state index >= 15 is 0 Å². The molecule has 0 saturated carbocycles. The molecule has 3 aliphatic rings. The van der Waals surface area contributed by atoms with Crippen LogP contribution in [0.1, 0.15) is 6.42 Å². The van der Waals surface area contributed by atoms with Crippen LogP contribution in [-0.4, -0.2) is 74.4 Å². The van der Waals surface area contributed by atoms with E-state index in [-0.39, 0.29) is 25.1 Å². The van der Waals surface area contributed by atoms with Gasteiger partial charge in [0.15, 0.2) is 11.5 Å². The Hall–Kier alpha value is -1.54. The molecule has 138 valence electrons. The van der Waals surface area contributed by atoms with E-state index in [1.54, 1.807) is 0 Å². The summed E-state index contributed by atoms with van der Waals surface area (Å²) < 4.78 is 10.6. The number of hydrogen-bond donors (Lipinski definition) is 2. The van der Waals surface area contributed by atoms with Crippen LogP contribution in [0.5, 0.6) is 11.5 Å². The zero-order valence-electron chi connectivity index (χ0n) is 14.2. The lowest BCUT2D eigenvalue weighted by atomic mass is 10.2. The number of halogens is 1. The van der Waals surface area contributed by atoms with E-state index in [0.717, 1.165) is 50.7 Å². The quantitative estimate of drug-likeness (QED) is 0.817. The highest BCUT2D eigenvalue weighted by atomic mass is 35.5. The minimum atomic E-state index is 0. The number of nitrogens with one attached hydrogen (secondary N) is 2. The van der Waals surface area contributed by atoms with Crippen molar-refractivity contribution in [2.75, 3.05) is 57.9 Å². The number of nitrogens with zero attached hydrogens (tertiary/aromatic N) is 2. The molecule has 0 radical (unpaired) electrons. The smallest absolute Gasteiger partial charge is 0.238 e. The maximum absolute atomic E-state index is 12.3. The summed E-state index contributed by atoms with van der Waals surface area (Å²) >= 11 is 0. The van der Waals surface area contributed by atoms with Gasteiger partial charge in [-0.2, -0.15) is 0 Å². The van der Waals surface area contributed by atoms with E-state index in [4.69, 9.17) is 9.47 Å². The number of carbonyl (C=O) groups excluding carboxylic acids is 1. The summed E-state index contributed by atoms with van der Waals surface area (Å²) in [6.45, 7) is 6.90. The van der Waals surface area contributed by atoms with Gasteiger partial charge in [0.2, 0.25) is 12.7 Å². The third-order valence-electron chi connectivity index (χ3n) is 4.98. The predicted octanol–water partition coefficient (Wildman–Crippen LogP) is 0.755. The lowest BCUT2D eigenvalue weighted by Gasteiger charge is -2.37. The zero-order chi connectivity index (χ0) is 16.4. The third-order valence-corrected chi connectivity index (χ3v) is 4.98. The molecule has 2 fully saturated rings. The van der Waals surface area contributed by atoms with Crippen molar-refractivity contribution in [3.05, 3.63) is 18.2 Å². The highest BCUT2D eigenvalue weighted by Crippen LogP contribution is 2.34. The number of rotatable bonds is 4. The number of carbonyl (C=O) groups is 1. The molecule has 3 aliphatic heterocycles. The van der Waals surface area contributed by atoms with Gasteiger partial charge < -0.3 is 20.1 Å².